The zero-order chi connectivity index (χ0) is 19.3. The molecule has 1 aromatic heterocycles. The normalized spacial score (nSPS) is 25.7. The number of aromatic nitrogens is 2. The Hall–Kier alpha value is -2.30. The first kappa shape index (κ1) is 20.0. The largest absolute Gasteiger partial charge is 0.460 e. The Morgan fingerprint density at radius 1 is 1.42 bits per heavy atom. The van der Waals surface area contributed by atoms with Crippen molar-refractivity contribution >= 4 is 5.97 Å². The summed E-state index contributed by atoms with van der Waals surface area (Å²) < 4.78 is 24.3. The van der Waals surface area contributed by atoms with Gasteiger partial charge in [-0.25, -0.2) is 9.59 Å². The van der Waals surface area contributed by atoms with Crippen LogP contribution in [-0.2, 0) is 14.3 Å². The summed E-state index contributed by atoms with van der Waals surface area (Å²) in [7, 11) is 0. The first-order valence-corrected chi connectivity index (χ1v) is 8.21. The summed E-state index contributed by atoms with van der Waals surface area (Å²) in [5.41, 5.74) is -2.22. The molecule has 0 spiro atoms. The Labute approximate surface area is 147 Å². The second-order valence-corrected chi connectivity index (χ2v) is 5.86. The summed E-state index contributed by atoms with van der Waals surface area (Å²) in [5, 5.41) is 20.0. The van der Waals surface area contributed by atoms with Crippen LogP contribution in [0.5, 0.6) is 0 Å². The molecule has 0 unspecified atom stereocenters. The Morgan fingerprint density at radius 3 is 2.85 bits per heavy atom. The molecule has 0 amide bonds. The fourth-order valence-electron chi connectivity index (χ4n) is 2.46. The molecule has 0 radical (unpaired) electrons. The van der Waals surface area contributed by atoms with Crippen LogP contribution < -0.4 is 11.2 Å². The van der Waals surface area contributed by atoms with Crippen molar-refractivity contribution in [2.24, 2.45) is 0 Å². The Morgan fingerprint density at radius 2 is 2.15 bits per heavy atom. The summed E-state index contributed by atoms with van der Waals surface area (Å²) in [6.07, 6.45) is 0.545. The summed E-state index contributed by atoms with van der Waals surface area (Å²) in [4.78, 5) is 36.1. The lowest BCUT2D eigenvalue weighted by atomic mass is 10.1. The lowest BCUT2D eigenvalue weighted by molar-refractivity contribution is -0.144. The predicted octanol–water partition coefficient (Wildman–Crippen LogP) is -0.415. The minimum Gasteiger partial charge on any atom is -0.460 e. The zero-order valence-corrected chi connectivity index (χ0v) is 14.1. The average Bonchev–Trinajstić information content (AvgIpc) is 2.88. The fraction of sp³-hybridized carbons (Fsp3) is 0.562. The number of aliphatic hydroxyl groups excluding tert-OH is 2. The van der Waals surface area contributed by atoms with Crippen LogP contribution in [0.2, 0.25) is 0 Å². The molecule has 0 aromatic carbocycles. The summed E-state index contributed by atoms with van der Waals surface area (Å²) in [5.74, 6) is -1.89. The van der Waals surface area contributed by atoms with Gasteiger partial charge in [0.1, 0.15) is 24.9 Å². The third kappa shape index (κ3) is 4.65. The predicted molar refractivity (Wildman–Crippen MR) is 86.8 cm³/mol. The molecule has 9 nitrogen and oxygen atoms in total. The summed E-state index contributed by atoms with van der Waals surface area (Å²) in [6.45, 7) is 1.65. The van der Waals surface area contributed by atoms with Gasteiger partial charge in [0.25, 0.3) is 5.56 Å². The van der Waals surface area contributed by atoms with Gasteiger partial charge in [0.05, 0.1) is 6.20 Å². The number of unbranched alkanes of at least 4 members (excludes halogenated alkanes) is 2. The number of rotatable bonds is 7. The van der Waals surface area contributed by atoms with E-state index in [0.717, 1.165) is 19.3 Å². The smallest absolute Gasteiger partial charge is 0.330 e. The van der Waals surface area contributed by atoms with Crippen LogP contribution in [0, 0.1) is 5.82 Å². The maximum atomic E-state index is 13.4. The molecule has 26 heavy (non-hydrogen) atoms. The van der Waals surface area contributed by atoms with Crippen LogP contribution in [0.25, 0.3) is 0 Å². The van der Waals surface area contributed by atoms with Crippen molar-refractivity contribution in [1.82, 2.24) is 9.55 Å². The van der Waals surface area contributed by atoms with E-state index in [0.29, 0.717) is 10.8 Å². The number of allylic oxidation sites excluding steroid dienone is 1. The Bertz CT molecular complexity index is 773. The number of aliphatic hydroxyl groups is 2. The highest BCUT2D eigenvalue weighted by molar-refractivity contribution is 5.81. The molecule has 1 saturated heterocycles. The first-order valence-electron chi connectivity index (χ1n) is 8.21. The van der Waals surface area contributed by atoms with Crippen LogP contribution in [0.1, 0.15) is 32.4 Å². The van der Waals surface area contributed by atoms with Crippen molar-refractivity contribution in [2.75, 3.05) is 6.61 Å². The number of nitrogens with one attached hydrogen (secondary N) is 1. The van der Waals surface area contributed by atoms with Crippen molar-refractivity contribution in [3.63, 3.8) is 0 Å². The van der Waals surface area contributed by atoms with Gasteiger partial charge in [-0.3, -0.25) is 14.3 Å². The minimum atomic E-state index is -1.58. The summed E-state index contributed by atoms with van der Waals surface area (Å²) >= 11 is 0. The summed E-state index contributed by atoms with van der Waals surface area (Å²) in [6, 6.07) is 0. The molecule has 2 rings (SSSR count). The van der Waals surface area contributed by atoms with E-state index in [1.165, 1.54) is 6.08 Å². The van der Waals surface area contributed by atoms with E-state index < -0.39 is 47.6 Å². The van der Waals surface area contributed by atoms with Gasteiger partial charge in [0.15, 0.2) is 6.23 Å². The molecule has 4 atom stereocenters. The fourth-order valence-corrected chi connectivity index (χ4v) is 2.46. The van der Waals surface area contributed by atoms with Gasteiger partial charge in [-0.2, -0.15) is 4.39 Å². The molecule has 0 bridgehead atoms. The standard InChI is InChI=1S/C16H21FN2O7/c1-2-3-4-5-6-11(20)25-8-10-12(21)13(22)15(26-10)19-7-9(17)14(23)18-16(19)24/h5-7,10,12-13,15,21-22H,2-4,8H2,1H3,(H,18,23,24)/b6-5+/t10-,12-,13-,15-/m1/s1. The zero-order valence-electron chi connectivity index (χ0n) is 14.1. The van der Waals surface area contributed by atoms with Gasteiger partial charge < -0.3 is 19.7 Å². The van der Waals surface area contributed by atoms with Crippen molar-refractivity contribution < 1.29 is 28.9 Å². The van der Waals surface area contributed by atoms with Crippen LogP contribution in [0.15, 0.2) is 27.9 Å². The molecule has 144 valence electrons. The van der Waals surface area contributed by atoms with E-state index >= 15 is 0 Å². The quantitative estimate of drug-likeness (QED) is 0.337. The molecule has 0 saturated carbocycles. The number of esters is 1. The molecular formula is C16H21FN2O7. The number of halogens is 1. The molecule has 1 fully saturated rings. The van der Waals surface area contributed by atoms with Gasteiger partial charge in [0, 0.05) is 6.08 Å². The van der Waals surface area contributed by atoms with Gasteiger partial charge in [0.2, 0.25) is 5.82 Å². The molecule has 0 aliphatic carbocycles. The van der Waals surface area contributed by atoms with Crippen LogP contribution in [0.3, 0.4) is 0 Å². The topological polar surface area (TPSA) is 131 Å². The second-order valence-electron chi connectivity index (χ2n) is 5.86. The maximum absolute atomic E-state index is 13.4. The SMILES string of the molecule is CCCC/C=C/C(=O)OC[C@H]1O[C@@H](n2cc(F)c(=O)[nH]c2=O)[C@H](O)[C@@H]1O. The third-order valence-corrected chi connectivity index (χ3v) is 3.90. The van der Waals surface area contributed by atoms with Gasteiger partial charge >= 0.3 is 11.7 Å². The number of nitrogens with zero attached hydrogens (tertiary/aromatic N) is 1. The lowest BCUT2D eigenvalue weighted by Gasteiger charge is -2.16. The minimum absolute atomic E-state index is 0.369. The molecule has 2 heterocycles. The van der Waals surface area contributed by atoms with E-state index in [2.05, 4.69) is 0 Å². The number of carbonyl (C=O) groups is 1. The average molecular weight is 372 g/mol. The number of aromatic amines is 1. The van der Waals surface area contributed by atoms with Gasteiger partial charge in [-0.15, -0.1) is 0 Å². The van der Waals surface area contributed by atoms with Crippen molar-refractivity contribution in [3.05, 3.63) is 45.0 Å². The van der Waals surface area contributed by atoms with E-state index in [1.54, 1.807) is 11.1 Å². The van der Waals surface area contributed by atoms with E-state index in [1.807, 2.05) is 6.92 Å². The Kier molecular flexibility index (Phi) is 6.83. The number of ether oxygens (including phenoxy) is 2. The number of H-pyrrole nitrogens is 1. The number of hydrogen-bond donors (Lipinski definition) is 3. The van der Waals surface area contributed by atoms with Crippen molar-refractivity contribution in [3.8, 4) is 0 Å². The van der Waals surface area contributed by atoms with E-state index in [-0.39, 0.29) is 6.61 Å². The molecule has 1 aliphatic rings. The van der Waals surface area contributed by atoms with Crippen molar-refractivity contribution in [2.45, 2.75) is 50.7 Å². The van der Waals surface area contributed by atoms with Crippen LogP contribution in [0.4, 0.5) is 4.39 Å². The van der Waals surface area contributed by atoms with Gasteiger partial charge in [-0.1, -0.05) is 25.8 Å². The molecule has 3 N–H and O–H groups in total. The first-order chi connectivity index (χ1) is 12.3. The van der Waals surface area contributed by atoms with E-state index in [9.17, 15) is 29.0 Å². The van der Waals surface area contributed by atoms with Gasteiger partial charge in [-0.05, 0) is 6.42 Å². The molecule has 1 aromatic rings. The maximum Gasteiger partial charge on any atom is 0.330 e. The highest BCUT2D eigenvalue weighted by Crippen LogP contribution is 2.28. The third-order valence-electron chi connectivity index (χ3n) is 3.90. The highest BCUT2D eigenvalue weighted by atomic mass is 19.1. The second kappa shape index (κ2) is 8.88. The Balaban J connectivity index is 2.00. The molecule has 1 aliphatic heterocycles. The monoisotopic (exact) mass is 372 g/mol. The number of hydrogen-bond acceptors (Lipinski definition) is 7. The van der Waals surface area contributed by atoms with Crippen LogP contribution in [-0.4, -0.2) is 50.7 Å². The lowest BCUT2D eigenvalue weighted by Crippen LogP contribution is -2.38. The highest BCUT2D eigenvalue weighted by Gasteiger charge is 2.44. The van der Waals surface area contributed by atoms with E-state index in [4.69, 9.17) is 9.47 Å². The number of carbonyl (C=O) groups excluding carboxylic acids is 1. The van der Waals surface area contributed by atoms with Crippen molar-refractivity contribution in [1.29, 1.82) is 0 Å². The molecular weight excluding hydrogens is 351 g/mol. The van der Waals surface area contributed by atoms with Crippen LogP contribution >= 0.6 is 0 Å². The molecule has 10 heteroatoms.